The first-order valence-corrected chi connectivity index (χ1v) is 7.03. The summed E-state index contributed by atoms with van der Waals surface area (Å²) in [5.41, 5.74) is 0.965. The Morgan fingerprint density at radius 1 is 1.28 bits per heavy atom. The van der Waals surface area contributed by atoms with Crippen LogP contribution in [0.4, 0.5) is 0 Å². The van der Waals surface area contributed by atoms with E-state index in [9.17, 15) is 4.79 Å². The van der Waals surface area contributed by atoms with E-state index < -0.39 is 0 Å². The average Bonchev–Trinajstić information content (AvgIpc) is 2.71. The van der Waals surface area contributed by atoms with Crippen LogP contribution >= 0.6 is 11.8 Å². The van der Waals surface area contributed by atoms with Gasteiger partial charge in [-0.1, -0.05) is 25.1 Å². The third-order valence-corrected chi connectivity index (χ3v) is 5.01. The van der Waals surface area contributed by atoms with E-state index in [1.165, 1.54) is 0 Å². The fourth-order valence-electron chi connectivity index (χ4n) is 2.35. The fourth-order valence-corrected chi connectivity index (χ4v) is 3.63. The highest BCUT2D eigenvalue weighted by Gasteiger charge is 2.32. The molecule has 0 bridgehead atoms. The first kappa shape index (κ1) is 11.7. The number of para-hydroxylation sites is 1. The molecule has 1 aliphatic carbocycles. The summed E-state index contributed by atoms with van der Waals surface area (Å²) in [5, 5.41) is 2.43. The molecule has 1 aliphatic rings. The van der Waals surface area contributed by atoms with Crippen LogP contribution in [-0.2, 0) is 4.79 Å². The molecule has 0 amide bonds. The Balaban J connectivity index is 1.93. The zero-order chi connectivity index (χ0) is 12.5. The Kier molecular flexibility index (Phi) is 3.04. The van der Waals surface area contributed by atoms with Crippen molar-refractivity contribution in [3.8, 4) is 0 Å². The number of hydrogen-bond acceptors (Lipinski definition) is 4. The number of rotatable bonds is 2. The van der Waals surface area contributed by atoms with Gasteiger partial charge in [0.15, 0.2) is 0 Å². The zero-order valence-corrected chi connectivity index (χ0v) is 11.0. The smallest absolute Gasteiger partial charge is 0.136 e. The molecule has 1 fully saturated rings. The maximum absolute atomic E-state index is 11.6. The van der Waals surface area contributed by atoms with Crippen molar-refractivity contribution in [3.63, 3.8) is 0 Å². The van der Waals surface area contributed by atoms with Gasteiger partial charge in [-0.25, -0.2) is 9.97 Å². The molecular weight excluding hydrogens is 244 g/mol. The molecule has 2 atom stereocenters. The topological polar surface area (TPSA) is 42.9 Å². The van der Waals surface area contributed by atoms with Crippen molar-refractivity contribution < 1.29 is 4.79 Å². The molecule has 1 aromatic carbocycles. The summed E-state index contributed by atoms with van der Waals surface area (Å²) in [6, 6.07) is 8.01. The lowest BCUT2D eigenvalue weighted by molar-refractivity contribution is -0.120. The lowest BCUT2D eigenvalue weighted by Crippen LogP contribution is -2.12. The molecule has 92 valence electrons. The lowest BCUT2D eigenvalue weighted by atomic mass is 10.1. The summed E-state index contributed by atoms with van der Waals surface area (Å²) in [6.07, 6.45) is 3.27. The van der Waals surface area contributed by atoms with Crippen LogP contribution in [0.2, 0.25) is 0 Å². The molecule has 2 aromatic rings. The van der Waals surface area contributed by atoms with Crippen LogP contribution in [0.25, 0.3) is 10.9 Å². The monoisotopic (exact) mass is 258 g/mol. The largest absolute Gasteiger partial charge is 0.299 e. The second-order valence-electron chi connectivity index (χ2n) is 4.65. The van der Waals surface area contributed by atoms with Crippen LogP contribution in [-0.4, -0.2) is 21.0 Å². The van der Waals surface area contributed by atoms with E-state index in [0.29, 0.717) is 17.5 Å². The first-order valence-electron chi connectivity index (χ1n) is 6.15. The minimum atomic E-state index is 0.142. The van der Waals surface area contributed by atoms with Crippen molar-refractivity contribution in [1.82, 2.24) is 9.97 Å². The highest BCUT2D eigenvalue weighted by atomic mass is 32.2. The molecule has 0 radical (unpaired) electrons. The molecule has 4 heteroatoms. The van der Waals surface area contributed by atoms with E-state index in [1.807, 2.05) is 31.2 Å². The number of Topliss-reactive ketones (excluding diaryl/α,β-unsaturated/α-hetero) is 1. The molecule has 0 saturated heterocycles. The Bertz CT molecular complexity index is 594. The van der Waals surface area contributed by atoms with Crippen molar-refractivity contribution in [2.75, 3.05) is 0 Å². The minimum absolute atomic E-state index is 0.142. The molecule has 0 N–H and O–H groups in total. The van der Waals surface area contributed by atoms with Gasteiger partial charge in [-0.15, -0.1) is 11.8 Å². The van der Waals surface area contributed by atoms with Gasteiger partial charge in [0.05, 0.1) is 5.52 Å². The number of thioether (sulfide) groups is 1. The van der Waals surface area contributed by atoms with Crippen LogP contribution in [0.15, 0.2) is 35.6 Å². The van der Waals surface area contributed by atoms with Gasteiger partial charge in [0.25, 0.3) is 0 Å². The van der Waals surface area contributed by atoms with Gasteiger partial charge < -0.3 is 0 Å². The lowest BCUT2D eigenvalue weighted by Gasteiger charge is -2.13. The number of carbonyl (C=O) groups excluding carboxylic acids is 1. The number of aromatic nitrogens is 2. The highest BCUT2D eigenvalue weighted by molar-refractivity contribution is 8.00. The van der Waals surface area contributed by atoms with Crippen molar-refractivity contribution in [2.45, 2.75) is 30.0 Å². The number of nitrogens with zero attached hydrogens (tertiary/aromatic N) is 2. The number of benzene rings is 1. The third-order valence-electron chi connectivity index (χ3n) is 3.51. The van der Waals surface area contributed by atoms with E-state index >= 15 is 0 Å². The van der Waals surface area contributed by atoms with Crippen molar-refractivity contribution in [1.29, 1.82) is 0 Å². The normalized spacial score (nSPS) is 23.7. The van der Waals surface area contributed by atoms with Crippen molar-refractivity contribution >= 4 is 28.4 Å². The van der Waals surface area contributed by atoms with Gasteiger partial charge in [0.1, 0.15) is 17.1 Å². The van der Waals surface area contributed by atoms with Crippen LogP contribution in [0, 0.1) is 5.92 Å². The van der Waals surface area contributed by atoms with Gasteiger partial charge in [-0.05, 0) is 12.5 Å². The van der Waals surface area contributed by atoms with Gasteiger partial charge >= 0.3 is 0 Å². The van der Waals surface area contributed by atoms with Gasteiger partial charge in [0.2, 0.25) is 0 Å². The Labute approximate surface area is 110 Å². The summed E-state index contributed by atoms with van der Waals surface area (Å²) < 4.78 is 0. The van der Waals surface area contributed by atoms with Gasteiger partial charge in [-0.3, -0.25) is 4.79 Å². The van der Waals surface area contributed by atoms with E-state index in [1.54, 1.807) is 18.1 Å². The molecule has 3 nitrogen and oxygen atoms in total. The molecule has 18 heavy (non-hydrogen) atoms. The van der Waals surface area contributed by atoms with Crippen molar-refractivity contribution in [3.05, 3.63) is 30.6 Å². The SMILES string of the molecule is CC1C(=O)CCC1Sc1ncnc2ccccc12. The predicted octanol–water partition coefficient (Wildman–Crippen LogP) is 3.09. The molecule has 0 spiro atoms. The molecule has 1 aromatic heterocycles. The highest BCUT2D eigenvalue weighted by Crippen LogP contribution is 2.38. The quantitative estimate of drug-likeness (QED) is 0.776. The minimum Gasteiger partial charge on any atom is -0.299 e. The maximum atomic E-state index is 11.6. The fraction of sp³-hybridized carbons (Fsp3) is 0.357. The zero-order valence-electron chi connectivity index (χ0n) is 10.2. The number of carbonyl (C=O) groups is 1. The molecule has 3 rings (SSSR count). The first-order chi connectivity index (χ1) is 8.75. The molecule has 0 aliphatic heterocycles. The summed E-state index contributed by atoms with van der Waals surface area (Å²) >= 11 is 1.72. The molecular formula is C14H14N2OS. The van der Waals surface area contributed by atoms with E-state index in [2.05, 4.69) is 9.97 Å². The molecule has 1 heterocycles. The predicted molar refractivity (Wildman–Crippen MR) is 72.6 cm³/mol. The van der Waals surface area contributed by atoms with Crippen molar-refractivity contribution in [2.24, 2.45) is 5.92 Å². The second-order valence-corrected chi connectivity index (χ2v) is 5.87. The van der Waals surface area contributed by atoms with Crippen LogP contribution < -0.4 is 0 Å². The summed E-state index contributed by atoms with van der Waals surface area (Å²) in [4.78, 5) is 20.2. The average molecular weight is 258 g/mol. The van der Waals surface area contributed by atoms with Crippen LogP contribution in [0.3, 0.4) is 0 Å². The maximum Gasteiger partial charge on any atom is 0.136 e. The van der Waals surface area contributed by atoms with E-state index in [0.717, 1.165) is 22.3 Å². The number of ketones is 1. The van der Waals surface area contributed by atoms with Gasteiger partial charge in [0, 0.05) is 23.0 Å². The number of fused-ring (bicyclic) bond motifs is 1. The molecule has 1 saturated carbocycles. The van der Waals surface area contributed by atoms with Gasteiger partial charge in [-0.2, -0.15) is 0 Å². The Morgan fingerprint density at radius 2 is 2.11 bits per heavy atom. The summed E-state index contributed by atoms with van der Waals surface area (Å²) in [5.74, 6) is 0.523. The van der Waals surface area contributed by atoms with Crippen LogP contribution in [0.5, 0.6) is 0 Å². The Morgan fingerprint density at radius 3 is 2.89 bits per heavy atom. The standard InChI is InChI=1S/C14H14N2OS/c1-9-12(17)6-7-13(9)18-14-10-4-2-3-5-11(10)15-8-16-14/h2-5,8-9,13H,6-7H2,1H3. The van der Waals surface area contributed by atoms with Crippen LogP contribution in [0.1, 0.15) is 19.8 Å². The Hall–Kier alpha value is -1.42. The molecule has 2 unspecified atom stereocenters. The summed E-state index contributed by atoms with van der Waals surface area (Å²) in [7, 11) is 0. The second kappa shape index (κ2) is 4.69. The third kappa shape index (κ3) is 2.01. The number of hydrogen-bond donors (Lipinski definition) is 0. The summed E-state index contributed by atoms with van der Waals surface area (Å²) in [6.45, 7) is 2.02. The van der Waals surface area contributed by atoms with E-state index in [4.69, 9.17) is 0 Å². The van der Waals surface area contributed by atoms with E-state index in [-0.39, 0.29) is 5.92 Å².